The fraction of sp³-hybridized carbons (Fsp3) is 0. The van der Waals surface area contributed by atoms with Crippen LogP contribution in [0.15, 0.2) is 35.1 Å². The summed E-state index contributed by atoms with van der Waals surface area (Å²) in [4.78, 5) is 18.4. The van der Waals surface area contributed by atoms with Crippen LogP contribution in [0.5, 0.6) is 0 Å². The van der Waals surface area contributed by atoms with Crippen molar-refractivity contribution in [1.29, 1.82) is 5.26 Å². The molecular weight excluding hydrogens is 312 g/mol. The highest BCUT2D eigenvalue weighted by Crippen LogP contribution is 2.23. The lowest BCUT2D eigenvalue weighted by atomic mass is 10.2. The van der Waals surface area contributed by atoms with Crippen LogP contribution < -0.4 is 5.32 Å². The van der Waals surface area contributed by atoms with E-state index in [0.717, 1.165) is 10.7 Å². The van der Waals surface area contributed by atoms with Gasteiger partial charge in [-0.1, -0.05) is 15.9 Å². The van der Waals surface area contributed by atoms with Crippen molar-refractivity contribution < 1.29 is 9.90 Å². The first-order valence-corrected chi connectivity index (χ1v) is 5.91. The van der Waals surface area contributed by atoms with Gasteiger partial charge in [0, 0.05) is 4.47 Å². The summed E-state index contributed by atoms with van der Waals surface area (Å²) in [5.74, 6) is -0.902. The average molecular weight is 319 g/mol. The maximum Gasteiger partial charge on any atom is 0.356 e. The zero-order valence-corrected chi connectivity index (χ0v) is 11.0. The molecular formula is C12H7BrN4O2. The highest BCUT2D eigenvalue weighted by molar-refractivity contribution is 9.10. The molecule has 0 aliphatic carbocycles. The van der Waals surface area contributed by atoms with E-state index in [2.05, 4.69) is 31.2 Å². The Balaban J connectivity index is 2.36. The number of carboxylic acids is 1. The van der Waals surface area contributed by atoms with Crippen LogP contribution in [0, 0.1) is 11.3 Å². The number of nitrogens with one attached hydrogen (secondary N) is 1. The summed E-state index contributed by atoms with van der Waals surface area (Å²) >= 11 is 3.30. The fourth-order valence-electron chi connectivity index (χ4n) is 1.38. The van der Waals surface area contributed by atoms with Crippen LogP contribution in [0.3, 0.4) is 0 Å². The van der Waals surface area contributed by atoms with Crippen LogP contribution in [0.25, 0.3) is 0 Å². The third-order valence-electron chi connectivity index (χ3n) is 2.22. The number of carbonyl (C=O) groups is 1. The zero-order valence-electron chi connectivity index (χ0n) is 9.46. The number of carboxylic acid groups (broad SMARTS) is 1. The summed E-state index contributed by atoms with van der Waals surface area (Å²) in [5.41, 5.74) is 0.776. The van der Waals surface area contributed by atoms with E-state index < -0.39 is 5.97 Å². The van der Waals surface area contributed by atoms with E-state index in [0.29, 0.717) is 11.3 Å². The Morgan fingerprint density at radius 2 is 2.21 bits per heavy atom. The predicted molar refractivity (Wildman–Crippen MR) is 71.1 cm³/mol. The SMILES string of the molecule is N#Cc1ccc(Br)cc1Nc1cncc(C(=O)O)n1. The summed E-state index contributed by atoms with van der Waals surface area (Å²) in [7, 11) is 0. The van der Waals surface area contributed by atoms with Crippen molar-refractivity contribution in [2.75, 3.05) is 5.32 Å². The summed E-state index contributed by atoms with van der Waals surface area (Å²) in [5, 5.41) is 20.7. The van der Waals surface area contributed by atoms with Crippen LogP contribution in [0.2, 0.25) is 0 Å². The topological polar surface area (TPSA) is 98.9 Å². The molecule has 1 aromatic heterocycles. The monoisotopic (exact) mass is 318 g/mol. The second kappa shape index (κ2) is 5.46. The molecule has 6 nitrogen and oxygen atoms in total. The highest BCUT2D eigenvalue weighted by Gasteiger charge is 2.08. The number of nitriles is 1. The molecule has 2 N–H and O–H groups in total. The van der Waals surface area contributed by atoms with Gasteiger partial charge < -0.3 is 10.4 Å². The predicted octanol–water partition coefficient (Wildman–Crippen LogP) is 2.55. The molecule has 2 aromatic rings. The van der Waals surface area contributed by atoms with Gasteiger partial charge in [-0.15, -0.1) is 0 Å². The largest absolute Gasteiger partial charge is 0.476 e. The first-order chi connectivity index (χ1) is 9.10. The molecule has 0 spiro atoms. The van der Waals surface area contributed by atoms with Gasteiger partial charge in [0.05, 0.1) is 23.6 Å². The smallest absolute Gasteiger partial charge is 0.356 e. The van der Waals surface area contributed by atoms with Crippen molar-refractivity contribution >= 4 is 33.4 Å². The zero-order chi connectivity index (χ0) is 13.8. The molecule has 0 atom stereocenters. The Bertz CT molecular complexity index is 682. The number of benzene rings is 1. The van der Waals surface area contributed by atoms with Crippen molar-refractivity contribution in [2.45, 2.75) is 0 Å². The number of aromatic carboxylic acids is 1. The van der Waals surface area contributed by atoms with Gasteiger partial charge in [0.25, 0.3) is 0 Å². The van der Waals surface area contributed by atoms with E-state index in [1.807, 2.05) is 6.07 Å². The van der Waals surface area contributed by atoms with Crippen molar-refractivity contribution in [3.63, 3.8) is 0 Å². The van der Waals surface area contributed by atoms with Crippen LogP contribution in [0.1, 0.15) is 16.1 Å². The number of nitrogens with zero attached hydrogens (tertiary/aromatic N) is 3. The molecule has 0 saturated carbocycles. The lowest BCUT2D eigenvalue weighted by Crippen LogP contribution is -2.04. The standard InChI is InChI=1S/C12H7BrN4O2/c13-8-2-1-7(4-14)9(3-8)16-11-6-15-5-10(17-11)12(18)19/h1-3,5-6H,(H,16,17)(H,18,19). The summed E-state index contributed by atoms with van der Waals surface area (Å²) in [6, 6.07) is 7.11. The molecule has 0 radical (unpaired) electrons. The maximum absolute atomic E-state index is 10.8. The minimum atomic E-state index is -1.16. The van der Waals surface area contributed by atoms with Crippen molar-refractivity contribution in [3.05, 3.63) is 46.3 Å². The van der Waals surface area contributed by atoms with E-state index in [9.17, 15) is 4.79 Å². The molecule has 0 unspecified atom stereocenters. The second-order valence-corrected chi connectivity index (χ2v) is 4.44. The molecule has 0 amide bonds. The Morgan fingerprint density at radius 3 is 2.89 bits per heavy atom. The molecule has 0 saturated heterocycles. The van der Waals surface area contributed by atoms with E-state index in [1.165, 1.54) is 6.20 Å². The first-order valence-electron chi connectivity index (χ1n) is 5.12. The number of aromatic nitrogens is 2. The molecule has 94 valence electrons. The lowest BCUT2D eigenvalue weighted by molar-refractivity contribution is 0.0690. The van der Waals surface area contributed by atoms with Crippen LogP contribution >= 0.6 is 15.9 Å². The molecule has 0 aliphatic heterocycles. The molecule has 2 rings (SSSR count). The molecule has 1 heterocycles. The van der Waals surface area contributed by atoms with Gasteiger partial charge in [-0.2, -0.15) is 5.26 Å². The molecule has 19 heavy (non-hydrogen) atoms. The third kappa shape index (κ3) is 3.05. The number of hydrogen-bond donors (Lipinski definition) is 2. The fourth-order valence-corrected chi connectivity index (χ4v) is 1.75. The van der Waals surface area contributed by atoms with Crippen molar-refractivity contribution in [1.82, 2.24) is 9.97 Å². The van der Waals surface area contributed by atoms with E-state index >= 15 is 0 Å². The Kier molecular flexibility index (Phi) is 3.73. The van der Waals surface area contributed by atoms with Gasteiger partial charge in [0.2, 0.25) is 0 Å². The van der Waals surface area contributed by atoms with E-state index in [1.54, 1.807) is 18.2 Å². The molecule has 1 aromatic carbocycles. The minimum Gasteiger partial charge on any atom is -0.476 e. The van der Waals surface area contributed by atoms with Crippen LogP contribution in [0.4, 0.5) is 11.5 Å². The van der Waals surface area contributed by atoms with Gasteiger partial charge in [0.15, 0.2) is 5.69 Å². The average Bonchev–Trinajstić information content (AvgIpc) is 2.39. The lowest BCUT2D eigenvalue weighted by Gasteiger charge is -2.07. The Hall–Kier alpha value is -2.46. The van der Waals surface area contributed by atoms with Gasteiger partial charge in [-0.05, 0) is 18.2 Å². The third-order valence-corrected chi connectivity index (χ3v) is 2.71. The molecule has 7 heteroatoms. The first kappa shape index (κ1) is 13.0. The number of halogens is 1. The maximum atomic E-state index is 10.8. The normalized spacial score (nSPS) is 9.68. The Morgan fingerprint density at radius 1 is 1.42 bits per heavy atom. The van der Waals surface area contributed by atoms with Gasteiger partial charge in [-0.25, -0.2) is 9.78 Å². The van der Waals surface area contributed by atoms with Crippen LogP contribution in [-0.4, -0.2) is 21.0 Å². The number of hydrogen-bond acceptors (Lipinski definition) is 5. The van der Waals surface area contributed by atoms with Crippen LogP contribution in [-0.2, 0) is 0 Å². The summed E-state index contributed by atoms with van der Waals surface area (Å²) in [6.07, 6.45) is 2.54. The highest BCUT2D eigenvalue weighted by atomic mass is 79.9. The number of anilines is 2. The Labute approximate surface area is 116 Å². The molecule has 0 aliphatic rings. The summed E-state index contributed by atoms with van der Waals surface area (Å²) in [6.45, 7) is 0. The summed E-state index contributed by atoms with van der Waals surface area (Å²) < 4.78 is 0.788. The van der Waals surface area contributed by atoms with Gasteiger partial charge >= 0.3 is 5.97 Å². The number of rotatable bonds is 3. The second-order valence-electron chi connectivity index (χ2n) is 3.52. The van der Waals surface area contributed by atoms with Crippen molar-refractivity contribution in [3.8, 4) is 6.07 Å². The van der Waals surface area contributed by atoms with E-state index in [4.69, 9.17) is 10.4 Å². The minimum absolute atomic E-state index is 0.168. The molecule has 0 fully saturated rings. The van der Waals surface area contributed by atoms with E-state index in [-0.39, 0.29) is 11.5 Å². The van der Waals surface area contributed by atoms with Gasteiger partial charge in [-0.3, -0.25) is 4.98 Å². The van der Waals surface area contributed by atoms with Gasteiger partial charge in [0.1, 0.15) is 11.9 Å². The molecule has 0 bridgehead atoms. The quantitative estimate of drug-likeness (QED) is 0.902. The van der Waals surface area contributed by atoms with Crippen molar-refractivity contribution in [2.24, 2.45) is 0 Å².